The first-order chi connectivity index (χ1) is 10.1. The van der Waals surface area contributed by atoms with E-state index in [4.69, 9.17) is 4.74 Å². The molecule has 0 aromatic carbocycles. The zero-order chi connectivity index (χ0) is 14.9. The first-order valence-electron chi connectivity index (χ1n) is 7.54. The van der Waals surface area contributed by atoms with Crippen molar-refractivity contribution in [3.8, 4) is 5.88 Å². The highest BCUT2D eigenvalue weighted by molar-refractivity contribution is 7.91. The lowest BCUT2D eigenvalue weighted by Crippen LogP contribution is -2.52. The summed E-state index contributed by atoms with van der Waals surface area (Å²) in [5.41, 5.74) is 0. The van der Waals surface area contributed by atoms with Crippen LogP contribution in [0.3, 0.4) is 0 Å². The second kappa shape index (κ2) is 6.18. The summed E-state index contributed by atoms with van der Waals surface area (Å²) < 4.78 is 38.6. The van der Waals surface area contributed by atoms with Crippen LogP contribution in [0.2, 0.25) is 0 Å². The van der Waals surface area contributed by atoms with Crippen molar-refractivity contribution < 1.29 is 13.2 Å². The molecule has 3 aliphatic rings. The lowest BCUT2D eigenvalue weighted by Gasteiger charge is -2.43. The van der Waals surface area contributed by atoms with E-state index < -0.39 is 9.84 Å². The normalized spacial score (nSPS) is 28.7. The molecule has 1 atom stereocenters. The Morgan fingerprint density at radius 1 is 1.33 bits per heavy atom. The van der Waals surface area contributed by atoms with Crippen molar-refractivity contribution >= 4 is 21.6 Å². The SMILES string of the molecule is CCCCS(=O)(=O)c1nsnc1O[C@@H]1CN2CCC1CC2. The maximum Gasteiger partial charge on any atom is 0.265 e. The number of sulfone groups is 1. The summed E-state index contributed by atoms with van der Waals surface area (Å²) in [5, 5.41) is 0.0393. The van der Waals surface area contributed by atoms with Crippen molar-refractivity contribution in [2.24, 2.45) is 5.92 Å². The van der Waals surface area contributed by atoms with E-state index in [2.05, 4.69) is 13.6 Å². The molecule has 0 aliphatic carbocycles. The van der Waals surface area contributed by atoms with Crippen molar-refractivity contribution in [3.63, 3.8) is 0 Å². The highest BCUT2D eigenvalue weighted by Gasteiger charge is 2.37. The average Bonchev–Trinajstić information content (AvgIpc) is 2.95. The van der Waals surface area contributed by atoms with Crippen molar-refractivity contribution in [1.29, 1.82) is 0 Å². The molecule has 6 nitrogen and oxygen atoms in total. The number of ether oxygens (including phenoxy) is 1. The molecule has 21 heavy (non-hydrogen) atoms. The van der Waals surface area contributed by atoms with Crippen LogP contribution in [0, 0.1) is 5.92 Å². The molecule has 1 aromatic rings. The molecule has 0 unspecified atom stereocenters. The van der Waals surface area contributed by atoms with E-state index in [9.17, 15) is 8.42 Å². The van der Waals surface area contributed by atoms with Gasteiger partial charge in [0, 0.05) is 6.54 Å². The summed E-state index contributed by atoms with van der Waals surface area (Å²) in [6.07, 6.45) is 3.78. The molecule has 0 N–H and O–H groups in total. The molecule has 0 saturated carbocycles. The number of nitrogens with zero attached hydrogens (tertiary/aromatic N) is 3. The van der Waals surface area contributed by atoms with Crippen LogP contribution in [0.15, 0.2) is 5.03 Å². The van der Waals surface area contributed by atoms with E-state index in [1.807, 2.05) is 6.92 Å². The summed E-state index contributed by atoms with van der Waals surface area (Å²) in [4.78, 5) is 2.37. The van der Waals surface area contributed by atoms with Gasteiger partial charge in [-0.1, -0.05) is 13.3 Å². The van der Waals surface area contributed by atoms with Crippen LogP contribution in [0.5, 0.6) is 5.88 Å². The second-order valence-electron chi connectivity index (χ2n) is 5.84. The summed E-state index contributed by atoms with van der Waals surface area (Å²) >= 11 is 0.917. The fourth-order valence-electron chi connectivity index (χ4n) is 3.05. The first-order valence-corrected chi connectivity index (χ1v) is 9.92. The highest BCUT2D eigenvalue weighted by atomic mass is 32.2. The topological polar surface area (TPSA) is 72.4 Å². The van der Waals surface area contributed by atoms with Crippen LogP contribution in [0.1, 0.15) is 32.6 Å². The van der Waals surface area contributed by atoms with Crippen LogP contribution in [-0.2, 0) is 9.84 Å². The Morgan fingerprint density at radius 2 is 2.10 bits per heavy atom. The minimum atomic E-state index is -3.38. The zero-order valence-electron chi connectivity index (χ0n) is 12.2. The molecule has 3 fully saturated rings. The van der Waals surface area contributed by atoms with Crippen molar-refractivity contribution in [3.05, 3.63) is 0 Å². The van der Waals surface area contributed by atoms with E-state index in [1.165, 1.54) is 0 Å². The quantitative estimate of drug-likeness (QED) is 0.788. The number of hydrogen-bond acceptors (Lipinski definition) is 7. The molecule has 0 spiro atoms. The largest absolute Gasteiger partial charge is 0.470 e. The van der Waals surface area contributed by atoms with Gasteiger partial charge in [0.25, 0.3) is 5.88 Å². The Balaban J connectivity index is 1.74. The monoisotopic (exact) mass is 331 g/mol. The third-order valence-corrected chi connectivity index (χ3v) is 6.66. The van der Waals surface area contributed by atoms with Gasteiger partial charge in [0.15, 0.2) is 0 Å². The van der Waals surface area contributed by atoms with Crippen LogP contribution >= 0.6 is 11.7 Å². The van der Waals surface area contributed by atoms with Gasteiger partial charge in [-0.05, 0) is 38.3 Å². The molecule has 8 heteroatoms. The molecule has 4 heterocycles. The summed E-state index contributed by atoms with van der Waals surface area (Å²) in [6, 6.07) is 0. The lowest BCUT2D eigenvalue weighted by atomic mass is 9.86. The number of fused-ring (bicyclic) bond motifs is 3. The van der Waals surface area contributed by atoms with E-state index >= 15 is 0 Å². The second-order valence-corrected chi connectivity index (χ2v) is 8.39. The van der Waals surface area contributed by atoms with Gasteiger partial charge in [0.1, 0.15) is 6.10 Å². The van der Waals surface area contributed by atoms with Gasteiger partial charge in [-0.25, -0.2) is 8.42 Å². The van der Waals surface area contributed by atoms with Gasteiger partial charge in [0.05, 0.1) is 17.5 Å². The van der Waals surface area contributed by atoms with Crippen molar-refractivity contribution in [2.75, 3.05) is 25.4 Å². The molecule has 0 radical (unpaired) electrons. The van der Waals surface area contributed by atoms with Gasteiger partial charge in [-0.3, -0.25) is 4.90 Å². The standard InChI is InChI=1S/C13H21N3O3S2/c1-2-3-8-21(17,18)13-12(14-20-15-13)19-11-9-16-6-4-10(11)5-7-16/h10-11H,2-9H2,1H3/t11-/m1/s1. The smallest absolute Gasteiger partial charge is 0.265 e. The third kappa shape index (κ3) is 3.22. The summed E-state index contributed by atoms with van der Waals surface area (Å²) in [5.74, 6) is 0.851. The molecular formula is C13H21N3O3S2. The van der Waals surface area contributed by atoms with Gasteiger partial charge in [-0.2, -0.15) is 4.37 Å². The fourth-order valence-corrected chi connectivity index (χ4v) is 5.28. The Labute approximate surface area is 129 Å². The van der Waals surface area contributed by atoms with E-state index in [-0.39, 0.29) is 22.8 Å². The average molecular weight is 331 g/mol. The number of piperidine rings is 3. The third-order valence-electron chi connectivity index (χ3n) is 4.35. The Hall–Kier alpha value is -0.730. The molecular weight excluding hydrogens is 310 g/mol. The van der Waals surface area contributed by atoms with Crippen LogP contribution in [-0.4, -0.2) is 53.6 Å². The van der Waals surface area contributed by atoms with Crippen molar-refractivity contribution in [2.45, 2.75) is 43.7 Å². The summed E-state index contributed by atoms with van der Waals surface area (Å²) in [6.45, 7) is 5.10. The Morgan fingerprint density at radius 3 is 2.71 bits per heavy atom. The predicted octanol–water partition coefficient (Wildman–Crippen LogP) is 1.58. The number of aromatic nitrogens is 2. The molecule has 4 rings (SSSR count). The molecule has 0 amide bonds. The minimum absolute atomic E-state index is 0.0393. The maximum atomic E-state index is 12.3. The number of rotatable bonds is 6. The Kier molecular flexibility index (Phi) is 4.46. The van der Waals surface area contributed by atoms with Gasteiger partial charge in [-0.15, -0.1) is 4.37 Å². The van der Waals surface area contributed by atoms with E-state index in [0.29, 0.717) is 12.3 Å². The van der Waals surface area contributed by atoms with Crippen LogP contribution in [0.4, 0.5) is 0 Å². The molecule has 3 saturated heterocycles. The van der Waals surface area contributed by atoms with E-state index in [1.54, 1.807) is 0 Å². The lowest BCUT2D eigenvalue weighted by molar-refractivity contribution is -0.0111. The van der Waals surface area contributed by atoms with Crippen molar-refractivity contribution in [1.82, 2.24) is 13.6 Å². The van der Waals surface area contributed by atoms with Gasteiger partial charge in [0.2, 0.25) is 14.9 Å². The fraction of sp³-hybridized carbons (Fsp3) is 0.846. The van der Waals surface area contributed by atoms with Gasteiger partial charge < -0.3 is 4.74 Å². The first kappa shape index (κ1) is 15.2. The minimum Gasteiger partial charge on any atom is -0.470 e. The Bertz CT molecular complexity index is 579. The van der Waals surface area contributed by atoms with E-state index in [0.717, 1.165) is 50.6 Å². The molecule has 2 bridgehead atoms. The van der Waals surface area contributed by atoms with Gasteiger partial charge >= 0.3 is 0 Å². The van der Waals surface area contributed by atoms with Crippen LogP contribution < -0.4 is 4.74 Å². The highest BCUT2D eigenvalue weighted by Crippen LogP contribution is 2.32. The molecule has 118 valence electrons. The number of hydrogen-bond donors (Lipinski definition) is 0. The summed E-state index contributed by atoms with van der Waals surface area (Å²) in [7, 11) is -3.38. The molecule has 1 aromatic heterocycles. The zero-order valence-corrected chi connectivity index (χ0v) is 13.8. The molecule has 3 aliphatic heterocycles. The number of unbranched alkanes of at least 4 members (excludes halogenated alkanes) is 1. The maximum absolute atomic E-state index is 12.3. The van der Waals surface area contributed by atoms with Crippen LogP contribution in [0.25, 0.3) is 0 Å². The predicted molar refractivity (Wildman–Crippen MR) is 80.4 cm³/mol.